The van der Waals surface area contributed by atoms with Crippen molar-refractivity contribution in [3.8, 4) is 0 Å². The molecule has 0 aliphatic carbocycles. The molecule has 1 aliphatic rings. The molecule has 0 N–H and O–H groups in total. The average Bonchev–Trinajstić information content (AvgIpc) is 2.72. The molecule has 0 amide bonds. The van der Waals surface area contributed by atoms with E-state index >= 15 is 0 Å². The second-order valence-corrected chi connectivity index (χ2v) is 5.09. The molecule has 0 aromatic carbocycles. The lowest BCUT2D eigenvalue weighted by Crippen LogP contribution is -2.33. The SMILES string of the molecule is ClCC1(Cc2ccns2)CCOCC1. The van der Waals surface area contributed by atoms with Gasteiger partial charge in [-0.05, 0) is 42.3 Å². The summed E-state index contributed by atoms with van der Waals surface area (Å²) in [5.41, 5.74) is 0.256. The zero-order valence-corrected chi connectivity index (χ0v) is 9.61. The van der Waals surface area contributed by atoms with Crippen molar-refractivity contribution in [3.05, 3.63) is 17.1 Å². The van der Waals surface area contributed by atoms with E-state index in [0.717, 1.165) is 38.4 Å². The van der Waals surface area contributed by atoms with Crippen molar-refractivity contribution in [1.82, 2.24) is 4.37 Å². The van der Waals surface area contributed by atoms with Gasteiger partial charge in [-0.3, -0.25) is 0 Å². The fourth-order valence-electron chi connectivity index (χ4n) is 1.86. The lowest BCUT2D eigenvalue weighted by atomic mass is 9.79. The Bertz CT molecular complexity index is 270. The summed E-state index contributed by atoms with van der Waals surface area (Å²) < 4.78 is 9.50. The molecule has 4 heteroatoms. The minimum absolute atomic E-state index is 0.256. The Hall–Kier alpha value is -0.120. The highest BCUT2D eigenvalue weighted by atomic mass is 35.5. The van der Waals surface area contributed by atoms with E-state index in [2.05, 4.69) is 10.4 Å². The van der Waals surface area contributed by atoms with Gasteiger partial charge in [-0.1, -0.05) is 0 Å². The lowest BCUT2D eigenvalue weighted by Gasteiger charge is -2.35. The molecule has 1 aliphatic heterocycles. The van der Waals surface area contributed by atoms with E-state index in [4.69, 9.17) is 16.3 Å². The number of hydrogen-bond donors (Lipinski definition) is 0. The molecule has 0 bridgehead atoms. The minimum Gasteiger partial charge on any atom is -0.381 e. The van der Waals surface area contributed by atoms with Gasteiger partial charge < -0.3 is 4.74 Å². The Balaban J connectivity index is 2.04. The van der Waals surface area contributed by atoms with Gasteiger partial charge in [0.25, 0.3) is 0 Å². The maximum atomic E-state index is 6.08. The van der Waals surface area contributed by atoms with Crippen LogP contribution in [0.1, 0.15) is 17.7 Å². The van der Waals surface area contributed by atoms with Crippen LogP contribution in [0.4, 0.5) is 0 Å². The van der Waals surface area contributed by atoms with Crippen LogP contribution in [-0.2, 0) is 11.2 Å². The molecule has 1 fully saturated rings. The van der Waals surface area contributed by atoms with Crippen molar-refractivity contribution < 1.29 is 4.74 Å². The summed E-state index contributed by atoms with van der Waals surface area (Å²) in [7, 11) is 0. The zero-order valence-electron chi connectivity index (χ0n) is 8.04. The highest BCUT2D eigenvalue weighted by Gasteiger charge is 2.32. The summed E-state index contributed by atoms with van der Waals surface area (Å²) in [5, 5.41) is 0. The van der Waals surface area contributed by atoms with Gasteiger partial charge in [0.15, 0.2) is 0 Å². The number of halogens is 1. The molecule has 2 heterocycles. The van der Waals surface area contributed by atoms with Gasteiger partial charge in [0.2, 0.25) is 0 Å². The van der Waals surface area contributed by atoms with Gasteiger partial charge >= 0.3 is 0 Å². The fourth-order valence-corrected chi connectivity index (χ4v) is 2.98. The van der Waals surface area contributed by atoms with Crippen LogP contribution in [0, 0.1) is 5.41 Å². The van der Waals surface area contributed by atoms with Crippen LogP contribution < -0.4 is 0 Å². The van der Waals surface area contributed by atoms with Crippen molar-refractivity contribution in [3.63, 3.8) is 0 Å². The monoisotopic (exact) mass is 231 g/mol. The molecule has 2 rings (SSSR count). The molecular weight excluding hydrogens is 218 g/mol. The van der Waals surface area contributed by atoms with Gasteiger partial charge in [0, 0.05) is 30.2 Å². The van der Waals surface area contributed by atoms with Crippen molar-refractivity contribution in [2.24, 2.45) is 5.41 Å². The minimum atomic E-state index is 0.256. The van der Waals surface area contributed by atoms with Crippen LogP contribution in [0.2, 0.25) is 0 Å². The second-order valence-electron chi connectivity index (χ2n) is 3.90. The van der Waals surface area contributed by atoms with Crippen LogP contribution in [0.5, 0.6) is 0 Å². The number of hydrogen-bond acceptors (Lipinski definition) is 3. The molecule has 1 aromatic rings. The Morgan fingerprint density at radius 2 is 2.29 bits per heavy atom. The fraction of sp³-hybridized carbons (Fsp3) is 0.700. The van der Waals surface area contributed by atoms with E-state index in [1.807, 2.05) is 6.20 Å². The molecule has 78 valence electrons. The third kappa shape index (κ3) is 2.27. The molecule has 0 unspecified atom stereocenters. The van der Waals surface area contributed by atoms with Crippen molar-refractivity contribution in [1.29, 1.82) is 0 Å². The van der Waals surface area contributed by atoms with Gasteiger partial charge in [0.1, 0.15) is 0 Å². The van der Waals surface area contributed by atoms with E-state index in [-0.39, 0.29) is 5.41 Å². The molecule has 1 saturated heterocycles. The first-order valence-corrected chi connectivity index (χ1v) is 6.19. The van der Waals surface area contributed by atoms with Crippen molar-refractivity contribution in [2.75, 3.05) is 19.1 Å². The summed E-state index contributed by atoms with van der Waals surface area (Å²) in [6, 6.07) is 2.09. The lowest BCUT2D eigenvalue weighted by molar-refractivity contribution is 0.0261. The van der Waals surface area contributed by atoms with Crippen LogP contribution in [-0.4, -0.2) is 23.5 Å². The van der Waals surface area contributed by atoms with Crippen LogP contribution >= 0.6 is 23.1 Å². The molecule has 0 saturated carbocycles. The molecule has 1 aromatic heterocycles. The van der Waals surface area contributed by atoms with E-state index in [0.29, 0.717) is 0 Å². The maximum Gasteiger partial charge on any atom is 0.0471 e. The summed E-state index contributed by atoms with van der Waals surface area (Å²) in [6.45, 7) is 1.71. The molecule has 14 heavy (non-hydrogen) atoms. The first kappa shape index (κ1) is 10.4. The van der Waals surface area contributed by atoms with E-state index in [1.165, 1.54) is 4.88 Å². The summed E-state index contributed by atoms with van der Waals surface area (Å²) in [4.78, 5) is 1.34. The largest absolute Gasteiger partial charge is 0.381 e. The Morgan fingerprint density at radius 1 is 1.50 bits per heavy atom. The highest BCUT2D eigenvalue weighted by Crippen LogP contribution is 2.36. The molecule has 0 atom stereocenters. The second kappa shape index (κ2) is 4.60. The number of aromatic nitrogens is 1. The third-order valence-electron chi connectivity index (χ3n) is 2.88. The van der Waals surface area contributed by atoms with E-state index in [9.17, 15) is 0 Å². The molecule has 0 radical (unpaired) electrons. The Morgan fingerprint density at radius 3 is 2.86 bits per heavy atom. The predicted molar refractivity (Wildman–Crippen MR) is 59.0 cm³/mol. The van der Waals surface area contributed by atoms with Crippen molar-refractivity contribution in [2.45, 2.75) is 19.3 Å². The average molecular weight is 232 g/mol. The third-order valence-corrected chi connectivity index (χ3v) is 4.19. The summed E-state index contributed by atoms with van der Waals surface area (Å²) >= 11 is 7.66. The summed E-state index contributed by atoms with van der Waals surface area (Å²) in [6.07, 6.45) is 5.08. The van der Waals surface area contributed by atoms with E-state index < -0.39 is 0 Å². The number of ether oxygens (including phenoxy) is 1. The van der Waals surface area contributed by atoms with Crippen LogP contribution in [0.3, 0.4) is 0 Å². The van der Waals surface area contributed by atoms with Crippen LogP contribution in [0.25, 0.3) is 0 Å². The Kier molecular flexibility index (Phi) is 3.42. The quantitative estimate of drug-likeness (QED) is 0.747. The summed E-state index contributed by atoms with van der Waals surface area (Å²) in [5.74, 6) is 0.730. The van der Waals surface area contributed by atoms with Gasteiger partial charge in [-0.15, -0.1) is 11.6 Å². The zero-order chi connectivity index (χ0) is 9.86. The standard InChI is InChI=1S/C10H14ClNOS/c11-8-10(2-5-13-6-3-10)7-9-1-4-12-14-9/h1,4H,2-3,5-8H2. The molecule has 2 nitrogen and oxygen atoms in total. The normalized spacial score (nSPS) is 20.9. The van der Waals surface area contributed by atoms with Gasteiger partial charge in [-0.2, -0.15) is 0 Å². The Labute approximate surface area is 93.4 Å². The number of rotatable bonds is 3. The van der Waals surface area contributed by atoms with Gasteiger partial charge in [-0.25, -0.2) is 4.37 Å². The van der Waals surface area contributed by atoms with Crippen molar-refractivity contribution >= 4 is 23.1 Å². The first-order chi connectivity index (χ1) is 6.85. The number of alkyl halides is 1. The highest BCUT2D eigenvalue weighted by molar-refractivity contribution is 7.05. The number of nitrogens with zero attached hydrogens (tertiary/aromatic N) is 1. The topological polar surface area (TPSA) is 22.1 Å². The first-order valence-electron chi connectivity index (χ1n) is 4.88. The van der Waals surface area contributed by atoms with Gasteiger partial charge in [0.05, 0.1) is 0 Å². The molecular formula is C10H14ClNOS. The van der Waals surface area contributed by atoms with E-state index in [1.54, 1.807) is 11.5 Å². The van der Waals surface area contributed by atoms with Crippen LogP contribution in [0.15, 0.2) is 12.3 Å². The maximum absolute atomic E-state index is 6.08. The predicted octanol–water partition coefficient (Wildman–Crippen LogP) is 2.72. The molecule has 0 spiro atoms. The smallest absolute Gasteiger partial charge is 0.0471 e.